The molecule has 1 N–H and O–H groups in total. The molecule has 0 aromatic carbocycles. The van der Waals surface area contributed by atoms with Crippen LogP contribution in [0, 0.1) is 18.3 Å². The van der Waals surface area contributed by atoms with E-state index >= 15 is 0 Å². The number of nitrogens with zero attached hydrogens (tertiary/aromatic N) is 4. The zero-order chi connectivity index (χ0) is 20.4. The number of nitriles is 1. The standard InChI is InChI=1S/C20H23N5O3S/c1-13-11-16(28-23-13)20(27)25-9-7-24(8-10-25)6-5-18(26)22-19-15(12-21)14-3-2-4-17(14)29-19/h11H,2-10H2,1H3,(H,22,26). The Morgan fingerprint density at radius 3 is 2.79 bits per heavy atom. The third-order valence-electron chi connectivity index (χ3n) is 5.44. The Labute approximate surface area is 173 Å². The van der Waals surface area contributed by atoms with E-state index in [-0.39, 0.29) is 17.6 Å². The van der Waals surface area contributed by atoms with Gasteiger partial charge in [-0.1, -0.05) is 5.16 Å². The first-order chi connectivity index (χ1) is 14.0. The van der Waals surface area contributed by atoms with Gasteiger partial charge in [0.25, 0.3) is 5.91 Å². The lowest BCUT2D eigenvalue weighted by Crippen LogP contribution is -2.49. The summed E-state index contributed by atoms with van der Waals surface area (Å²) in [6, 6.07) is 3.90. The van der Waals surface area contributed by atoms with Gasteiger partial charge in [0.05, 0.1) is 11.3 Å². The number of hydrogen-bond acceptors (Lipinski definition) is 7. The number of anilines is 1. The fourth-order valence-corrected chi connectivity index (χ4v) is 5.11. The van der Waals surface area contributed by atoms with E-state index in [9.17, 15) is 14.9 Å². The van der Waals surface area contributed by atoms with Gasteiger partial charge < -0.3 is 14.7 Å². The molecule has 2 aromatic rings. The Morgan fingerprint density at radius 1 is 1.31 bits per heavy atom. The van der Waals surface area contributed by atoms with E-state index in [4.69, 9.17) is 4.52 Å². The van der Waals surface area contributed by atoms with E-state index in [2.05, 4.69) is 21.4 Å². The molecule has 0 unspecified atom stereocenters. The van der Waals surface area contributed by atoms with Crippen LogP contribution in [-0.2, 0) is 17.6 Å². The normalized spacial score (nSPS) is 16.5. The molecule has 1 saturated heterocycles. The lowest BCUT2D eigenvalue weighted by molar-refractivity contribution is -0.116. The van der Waals surface area contributed by atoms with Crippen molar-refractivity contribution in [2.75, 3.05) is 38.0 Å². The maximum Gasteiger partial charge on any atom is 0.292 e. The average Bonchev–Trinajstić information content (AvgIpc) is 3.42. The fourth-order valence-electron chi connectivity index (χ4n) is 3.85. The molecule has 2 aliphatic rings. The second-order valence-corrected chi connectivity index (χ2v) is 8.54. The number of aryl methyl sites for hydroxylation is 2. The molecule has 3 heterocycles. The van der Waals surface area contributed by atoms with Crippen molar-refractivity contribution < 1.29 is 14.1 Å². The molecule has 1 aliphatic carbocycles. The zero-order valence-electron chi connectivity index (χ0n) is 16.4. The third kappa shape index (κ3) is 4.18. The summed E-state index contributed by atoms with van der Waals surface area (Å²) in [7, 11) is 0. The molecule has 4 rings (SSSR count). The number of piperazine rings is 1. The van der Waals surface area contributed by atoms with Crippen molar-refractivity contribution >= 4 is 28.2 Å². The van der Waals surface area contributed by atoms with Crippen molar-refractivity contribution in [3.63, 3.8) is 0 Å². The Kier molecular flexibility index (Phi) is 5.65. The summed E-state index contributed by atoms with van der Waals surface area (Å²) in [6.07, 6.45) is 3.39. The molecule has 1 aliphatic heterocycles. The van der Waals surface area contributed by atoms with Gasteiger partial charge in [-0.05, 0) is 31.7 Å². The van der Waals surface area contributed by atoms with E-state index in [0.29, 0.717) is 55.4 Å². The number of fused-ring (bicyclic) bond motifs is 1. The van der Waals surface area contributed by atoms with Gasteiger partial charge >= 0.3 is 0 Å². The molecule has 2 aromatic heterocycles. The van der Waals surface area contributed by atoms with Crippen LogP contribution in [0.15, 0.2) is 10.6 Å². The van der Waals surface area contributed by atoms with Crippen molar-refractivity contribution in [2.45, 2.75) is 32.6 Å². The predicted molar refractivity (Wildman–Crippen MR) is 108 cm³/mol. The van der Waals surface area contributed by atoms with E-state index in [0.717, 1.165) is 24.8 Å². The highest BCUT2D eigenvalue weighted by atomic mass is 32.1. The van der Waals surface area contributed by atoms with Crippen LogP contribution in [0.25, 0.3) is 0 Å². The monoisotopic (exact) mass is 413 g/mol. The molecule has 0 bridgehead atoms. The van der Waals surface area contributed by atoms with Crippen LogP contribution < -0.4 is 5.32 Å². The number of rotatable bonds is 5. The molecule has 9 heteroatoms. The molecule has 0 atom stereocenters. The maximum absolute atomic E-state index is 12.4. The summed E-state index contributed by atoms with van der Waals surface area (Å²) in [5, 5.41) is 16.8. The second-order valence-electron chi connectivity index (χ2n) is 7.44. The summed E-state index contributed by atoms with van der Waals surface area (Å²) in [5.41, 5.74) is 2.45. The van der Waals surface area contributed by atoms with Gasteiger partial charge in [-0.2, -0.15) is 5.26 Å². The van der Waals surface area contributed by atoms with E-state index in [1.807, 2.05) is 0 Å². The maximum atomic E-state index is 12.4. The molecule has 8 nitrogen and oxygen atoms in total. The molecule has 29 heavy (non-hydrogen) atoms. The van der Waals surface area contributed by atoms with Gasteiger partial charge in [0, 0.05) is 50.1 Å². The first-order valence-electron chi connectivity index (χ1n) is 9.84. The number of carbonyl (C=O) groups excluding carboxylic acids is 2. The third-order valence-corrected chi connectivity index (χ3v) is 6.65. The minimum absolute atomic E-state index is 0.0722. The first-order valence-corrected chi connectivity index (χ1v) is 10.7. The molecule has 0 saturated carbocycles. The molecular weight excluding hydrogens is 390 g/mol. The van der Waals surface area contributed by atoms with E-state index in [1.54, 1.807) is 17.9 Å². The van der Waals surface area contributed by atoms with E-state index in [1.165, 1.54) is 16.2 Å². The highest BCUT2D eigenvalue weighted by Gasteiger charge is 2.26. The van der Waals surface area contributed by atoms with Crippen molar-refractivity contribution in [3.8, 4) is 6.07 Å². The lowest BCUT2D eigenvalue weighted by Gasteiger charge is -2.34. The van der Waals surface area contributed by atoms with Crippen molar-refractivity contribution in [1.29, 1.82) is 5.26 Å². The molecule has 0 radical (unpaired) electrons. The highest BCUT2D eigenvalue weighted by Crippen LogP contribution is 2.38. The number of amides is 2. The van der Waals surface area contributed by atoms with E-state index < -0.39 is 0 Å². The summed E-state index contributed by atoms with van der Waals surface area (Å²) < 4.78 is 5.05. The van der Waals surface area contributed by atoms with Crippen molar-refractivity contribution in [1.82, 2.24) is 15.0 Å². The largest absolute Gasteiger partial charge is 0.351 e. The average molecular weight is 414 g/mol. The zero-order valence-corrected chi connectivity index (χ0v) is 17.2. The van der Waals surface area contributed by atoms with Gasteiger partial charge in [0.15, 0.2) is 0 Å². The molecule has 0 spiro atoms. The Morgan fingerprint density at radius 2 is 2.10 bits per heavy atom. The van der Waals surface area contributed by atoms with Crippen LogP contribution in [0.2, 0.25) is 0 Å². The summed E-state index contributed by atoms with van der Waals surface area (Å²) in [5.74, 6) is 0.0568. The Hall–Kier alpha value is -2.70. The Bertz CT molecular complexity index is 965. The Balaban J connectivity index is 1.24. The number of hydrogen-bond donors (Lipinski definition) is 1. The smallest absolute Gasteiger partial charge is 0.292 e. The predicted octanol–water partition coefficient (Wildman–Crippen LogP) is 2.19. The van der Waals surface area contributed by atoms with Gasteiger partial charge in [-0.15, -0.1) is 11.3 Å². The van der Waals surface area contributed by atoms with Crippen LogP contribution in [0.1, 0.15) is 45.1 Å². The SMILES string of the molecule is Cc1cc(C(=O)N2CCN(CCC(=O)Nc3sc4c(c3C#N)CCC4)CC2)on1. The molecule has 2 amide bonds. The molecule has 152 valence electrons. The number of thiophene rings is 1. The van der Waals surface area contributed by atoms with Gasteiger partial charge in [0.2, 0.25) is 11.7 Å². The minimum atomic E-state index is -0.141. The number of nitrogens with one attached hydrogen (secondary N) is 1. The summed E-state index contributed by atoms with van der Waals surface area (Å²) in [6.45, 7) is 5.02. The number of aromatic nitrogens is 1. The van der Waals surface area contributed by atoms with Gasteiger partial charge in [-0.3, -0.25) is 14.5 Å². The number of carbonyl (C=O) groups is 2. The summed E-state index contributed by atoms with van der Waals surface area (Å²) >= 11 is 1.54. The summed E-state index contributed by atoms with van der Waals surface area (Å²) in [4.78, 5) is 29.9. The fraction of sp³-hybridized carbons (Fsp3) is 0.500. The molecular formula is C20H23N5O3S. The van der Waals surface area contributed by atoms with Crippen LogP contribution >= 0.6 is 11.3 Å². The second kappa shape index (κ2) is 8.35. The minimum Gasteiger partial charge on any atom is -0.351 e. The van der Waals surface area contributed by atoms with Crippen molar-refractivity contribution in [3.05, 3.63) is 33.5 Å². The van der Waals surface area contributed by atoms with Crippen LogP contribution in [0.5, 0.6) is 0 Å². The lowest BCUT2D eigenvalue weighted by atomic mass is 10.1. The topological polar surface area (TPSA) is 102 Å². The quantitative estimate of drug-likeness (QED) is 0.806. The van der Waals surface area contributed by atoms with Gasteiger partial charge in [-0.25, -0.2) is 0 Å². The van der Waals surface area contributed by atoms with Crippen LogP contribution in [-0.4, -0.2) is 59.5 Å². The van der Waals surface area contributed by atoms with Crippen LogP contribution in [0.4, 0.5) is 5.00 Å². The van der Waals surface area contributed by atoms with Gasteiger partial charge in [0.1, 0.15) is 11.1 Å². The first kappa shape index (κ1) is 19.6. The van der Waals surface area contributed by atoms with Crippen molar-refractivity contribution in [2.24, 2.45) is 0 Å². The van der Waals surface area contributed by atoms with Crippen LogP contribution in [0.3, 0.4) is 0 Å². The molecule has 1 fully saturated rings. The highest BCUT2D eigenvalue weighted by molar-refractivity contribution is 7.16.